The smallest absolute Gasteiger partial charge is 0.444 e. The predicted octanol–water partition coefficient (Wildman–Crippen LogP) is 4.96. The number of carbonyl (C=O) groups excluding carboxylic acids is 3. The number of amides is 2. The molecule has 0 spiro atoms. The third-order valence-corrected chi connectivity index (χ3v) is 6.36. The second kappa shape index (κ2) is 13.0. The van der Waals surface area contributed by atoms with Crippen LogP contribution in [0.3, 0.4) is 0 Å². The number of aromatic nitrogens is 1. The number of halogens is 3. The van der Waals surface area contributed by atoms with E-state index in [4.69, 9.17) is 4.74 Å². The average Bonchev–Trinajstić information content (AvgIpc) is 3.23. The summed E-state index contributed by atoms with van der Waals surface area (Å²) in [6.07, 6.45) is -5.16. The van der Waals surface area contributed by atoms with Crippen molar-refractivity contribution in [3.8, 4) is 10.6 Å². The molecule has 0 bridgehead atoms. The highest BCUT2D eigenvalue weighted by atomic mass is 32.2. The first kappa shape index (κ1) is 28.8. The van der Waals surface area contributed by atoms with Gasteiger partial charge in [-0.2, -0.15) is 24.9 Å². The molecule has 7 nitrogen and oxygen atoms in total. The Morgan fingerprint density at radius 1 is 1.14 bits per heavy atom. The number of Topliss-reactive ketones (excluding diaryl/α,β-unsaturated/α-hetero) is 1. The molecule has 1 aromatic carbocycles. The standard InChI is InChI=1S/C23H28F3N3O4S2/c1-22(2,3)33-21(32)29-19(31)17(10-7-11-34-14-18(30)23(24,25)26)27-12-16-13-35-20(28-16)15-8-5-4-6-9-15/h4-6,8-9,13,17,27H,7,10-12,14H2,1-3H3,(H,29,31,32)/t17-/m0/s1. The monoisotopic (exact) mass is 531 g/mol. The minimum atomic E-state index is -4.85. The van der Waals surface area contributed by atoms with Crippen molar-refractivity contribution >= 4 is 40.9 Å². The highest BCUT2D eigenvalue weighted by Crippen LogP contribution is 2.23. The Bertz CT molecular complexity index is 992. The van der Waals surface area contributed by atoms with Crippen LogP contribution in [-0.2, 0) is 20.9 Å². The van der Waals surface area contributed by atoms with Gasteiger partial charge in [-0.3, -0.25) is 14.9 Å². The first-order valence-electron chi connectivity index (χ1n) is 10.8. The SMILES string of the molecule is CC(C)(C)OC(=O)NC(=O)[C@H](CCCSCC(=O)C(F)(F)F)NCc1csc(-c2ccccc2)n1. The number of nitrogens with one attached hydrogen (secondary N) is 2. The number of alkyl halides is 3. The van der Waals surface area contributed by atoms with Gasteiger partial charge in [-0.25, -0.2) is 9.78 Å². The Balaban J connectivity index is 1.94. The van der Waals surface area contributed by atoms with Crippen LogP contribution in [0.2, 0.25) is 0 Å². The number of imide groups is 1. The molecule has 0 saturated carbocycles. The first-order chi connectivity index (χ1) is 16.3. The van der Waals surface area contributed by atoms with Crippen LogP contribution in [0.25, 0.3) is 10.6 Å². The van der Waals surface area contributed by atoms with Crippen LogP contribution in [-0.4, -0.2) is 52.1 Å². The fraction of sp³-hybridized carbons (Fsp3) is 0.478. The molecule has 2 amide bonds. The van der Waals surface area contributed by atoms with E-state index < -0.39 is 41.4 Å². The third-order valence-electron chi connectivity index (χ3n) is 4.37. The van der Waals surface area contributed by atoms with Crippen molar-refractivity contribution in [2.45, 2.75) is 58.0 Å². The third kappa shape index (κ3) is 10.8. The van der Waals surface area contributed by atoms with Gasteiger partial charge >= 0.3 is 12.3 Å². The van der Waals surface area contributed by atoms with Crippen LogP contribution in [0.5, 0.6) is 0 Å². The summed E-state index contributed by atoms with van der Waals surface area (Å²) in [6, 6.07) is 8.79. The predicted molar refractivity (Wildman–Crippen MR) is 130 cm³/mol. The maximum Gasteiger partial charge on any atom is 0.450 e. The number of alkyl carbamates (subject to hydrolysis) is 1. The fourth-order valence-electron chi connectivity index (χ4n) is 2.78. The number of rotatable bonds is 11. The lowest BCUT2D eigenvalue weighted by Crippen LogP contribution is -2.47. The second-order valence-corrected chi connectivity index (χ2v) is 10.5. The van der Waals surface area contributed by atoms with Gasteiger partial charge in [0.2, 0.25) is 11.7 Å². The molecular formula is C23H28F3N3O4S2. The Hall–Kier alpha value is -2.44. The van der Waals surface area contributed by atoms with E-state index in [2.05, 4.69) is 15.6 Å². The Morgan fingerprint density at radius 2 is 1.83 bits per heavy atom. The Kier molecular flexibility index (Phi) is 10.7. The molecule has 0 radical (unpaired) electrons. The van der Waals surface area contributed by atoms with Crippen molar-refractivity contribution in [1.29, 1.82) is 0 Å². The quantitative estimate of drug-likeness (QED) is 0.396. The molecule has 35 heavy (non-hydrogen) atoms. The molecule has 2 N–H and O–H groups in total. The number of thiazole rings is 1. The van der Waals surface area contributed by atoms with Crippen LogP contribution >= 0.6 is 23.1 Å². The van der Waals surface area contributed by atoms with Crippen LogP contribution in [0, 0.1) is 0 Å². The zero-order chi connectivity index (χ0) is 26.1. The van der Waals surface area contributed by atoms with Gasteiger partial charge < -0.3 is 10.1 Å². The second-order valence-electron chi connectivity index (χ2n) is 8.55. The summed E-state index contributed by atoms with van der Waals surface area (Å²) in [5, 5.41) is 7.93. The topological polar surface area (TPSA) is 97.4 Å². The van der Waals surface area contributed by atoms with Gasteiger partial charge in [-0.15, -0.1) is 11.3 Å². The summed E-state index contributed by atoms with van der Waals surface area (Å²) in [4.78, 5) is 40.2. The van der Waals surface area contributed by atoms with Crippen molar-refractivity contribution < 1.29 is 32.3 Å². The molecule has 0 aliphatic heterocycles. The number of hydrogen-bond donors (Lipinski definition) is 2. The first-order valence-corrected chi connectivity index (χ1v) is 12.8. The number of ketones is 1. The van der Waals surface area contributed by atoms with Gasteiger partial charge in [0, 0.05) is 17.5 Å². The largest absolute Gasteiger partial charge is 0.450 e. The van der Waals surface area contributed by atoms with E-state index in [0.29, 0.717) is 12.1 Å². The summed E-state index contributed by atoms with van der Waals surface area (Å²) < 4.78 is 42.1. The maximum atomic E-state index is 12.7. The van der Waals surface area contributed by atoms with E-state index in [1.165, 1.54) is 11.3 Å². The van der Waals surface area contributed by atoms with Crippen LogP contribution < -0.4 is 10.6 Å². The van der Waals surface area contributed by atoms with E-state index in [9.17, 15) is 27.6 Å². The number of hydrogen-bond acceptors (Lipinski definition) is 8. The summed E-state index contributed by atoms with van der Waals surface area (Å²) in [5.41, 5.74) is 0.881. The summed E-state index contributed by atoms with van der Waals surface area (Å²) >= 11 is 2.30. The fourth-order valence-corrected chi connectivity index (χ4v) is 4.47. The van der Waals surface area contributed by atoms with Crippen molar-refractivity contribution in [2.75, 3.05) is 11.5 Å². The summed E-state index contributed by atoms with van der Waals surface area (Å²) in [6.45, 7) is 5.24. The Morgan fingerprint density at radius 3 is 2.46 bits per heavy atom. The normalized spacial score (nSPS) is 12.7. The molecule has 1 heterocycles. The lowest BCUT2D eigenvalue weighted by Gasteiger charge is -2.21. The molecule has 0 unspecified atom stereocenters. The average molecular weight is 532 g/mol. The molecule has 1 aromatic heterocycles. The van der Waals surface area contributed by atoms with Crippen molar-refractivity contribution in [1.82, 2.24) is 15.6 Å². The van der Waals surface area contributed by atoms with Crippen molar-refractivity contribution in [3.05, 3.63) is 41.4 Å². The lowest BCUT2D eigenvalue weighted by atomic mass is 10.1. The molecule has 1 atom stereocenters. The zero-order valence-electron chi connectivity index (χ0n) is 19.6. The molecule has 0 aliphatic rings. The molecule has 0 saturated heterocycles. The molecular weight excluding hydrogens is 503 g/mol. The minimum Gasteiger partial charge on any atom is -0.444 e. The van der Waals surface area contributed by atoms with E-state index in [1.54, 1.807) is 20.8 Å². The Labute approximate surface area is 210 Å². The summed E-state index contributed by atoms with van der Waals surface area (Å²) in [5.74, 6) is -2.84. The maximum absolute atomic E-state index is 12.7. The number of ether oxygens (including phenoxy) is 1. The number of nitrogens with zero attached hydrogens (tertiary/aromatic N) is 1. The molecule has 0 fully saturated rings. The zero-order valence-corrected chi connectivity index (χ0v) is 21.2. The highest BCUT2D eigenvalue weighted by Gasteiger charge is 2.37. The number of thioether (sulfide) groups is 1. The van der Waals surface area contributed by atoms with E-state index >= 15 is 0 Å². The van der Waals surface area contributed by atoms with Crippen LogP contribution in [0.4, 0.5) is 18.0 Å². The van der Waals surface area contributed by atoms with E-state index in [0.717, 1.165) is 22.3 Å². The van der Waals surface area contributed by atoms with Crippen molar-refractivity contribution in [2.24, 2.45) is 0 Å². The van der Waals surface area contributed by atoms with Gasteiger partial charge in [-0.1, -0.05) is 30.3 Å². The number of benzene rings is 1. The van der Waals surface area contributed by atoms with E-state index in [-0.39, 0.29) is 18.7 Å². The van der Waals surface area contributed by atoms with Gasteiger partial charge in [0.15, 0.2) is 0 Å². The molecule has 2 rings (SSSR count). The highest BCUT2D eigenvalue weighted by molar-refractivity contribution is 7.99. The molecule has 0 aliphatic carbocycles. The van der Waals surface area contributed by atoms with Crippen LogP contribution in [0.15, 0.2) is 35.7 Å². The van der Waals surface area contributed by atoms with E-state index in [1.807, 2.05) is 35.7 Å². The molecule has 2 aromatic rings. The lowest BCUT2D eigenvalue weighted by molar-refractivity contribution is -0.167. The van der Waals surface area contributed by atoms with Gasteiger partial charge in [-0.05, 0) is 39.4 Å². The van der Waals surface area contributed by atoms with Gasteiger partial charge in [0.1, 0.15) is 10.6 Å². The molecule has 192 valence electrons. The van der Waals surface area contributed by atoms with Gasteiger partial charge in [0.05, 0.1) is 17.5 Å². The van der Waals surface area contributed by atoms with Crippen LogP contribution in [0.1, 0.15) is 39.3 Å². The molecule has 12 heteroatoms. The van der Waals surface area contributed by atoms with Crippen molar-refractivity contribution in [3.63, 3.8) is 0 Å². The van der Waals surface area contributed by atoms with Gasteiger partial charge in [0.25, 0.3) is 0 Å². The number of carbonyl (C=O) groups is 3. The summed E-state index contributed by atoms with van der Waals surface area (Å²) in [7, 11) is 0. The minimum absolute atomic E-state index is 0.234.